The van der Waals surface area contributed by atoms with Gasteiger partial charge < -0.3 is 19.6 Å². The van der Waals surface area contributed by atoms with Crippen LogP contribution in [0.3, 0.4) is 0 Å². The van der Waals surface area contributed by atoms with E-state index in [0.717, 1.165) is 6.26 Å². The van der Waals surface area contributed by atoms with Gasteiger partial charge in [-0.3, -0.25) is 4.79 Å². The lowest BCUT2D eigenvalue weighted by Crippen LogP contribution is -2.61. The second-order valence-electron chi connectivity index (χ2n) is 7.64. The van der Waals surface area contributed by atoms with E-state index in [2.05, 4.69) is 10.2 Å². The number of sulfone groups is 1. The summed E-state index contributed by atoms with van der Waals surface area (Å²) in [6, 6.07) is 4.87. The molecule has 0 aliphatic rings. The Bertz CT molecular complexity index is 855. The van der Waals surface area contributed by atoms with Crippen molar-refractivity contribution < 1.29 is 32.3 Å². The smallest absolute Gasteiger partial charge is 0.350 e. The fourth-order valence-corrected chi connectivity index (χ4v) is 4.71. The van der Waals surface area contributed by atoms with E-state index in [9.17, 15) is 18.0 Å². The Balaban J connectivity index is 3.82. The summed E-state index contributed by atoms with van der Waals surface area (Å²) < 4.78 is 35.6. The lowest BCUT2D eigenvalue weighted by atomic mass is 9.74. The third-order valence-electron chi connectivity index (χ3n) is 4.55. The highest BCUT2D eigenvalue weighted by Gasteiger charge is 2.50. The molecular formula is C20H32N2O7S. The van der Waals surface area contributed by atoms with Crippen LogP contribution in [0, 0.1) is 5.92 Å². The number of methoxy groups -OCH3 is 1. The van der Waals surface area contributed by atoms with Crippen LogP contribution in [0.25, 0.3) is 0 Å². The van der Waals surface area contributed by atoms with Gasteiger partial charge in [0.25, 0.3) is 0 Å². The molecule has 0 aliphatic carbocycles. The zero-order valence-electron chi connectivity index (χ0n) is 18.4. The Morgan fingerprint density at radius 1 is 1.23 bits per heavy atom. The van der Waals surface area contributed by atoms with Crippen LogP contribution in [0.15, 0.2) is 18.2 Å². The number of amides is 1. The first-order valence-electron chi connectivity index (χ1n) is 9.58. The van der Waals surface area contributed by atoms with E-state index < -0.39 is 38.9 Å². The molecule has 1 unspecified atom stereocenters. The number of benzene rings is 1. The number of hydrogen-bond acceptors (Lipinski definition) is 8. The van der Waals surface area contributed by atoms with Crippen LogP contribution in [0.4, 0.5) is 0 Å². The maximum atomic E-state index is 12.9. The molecule has 0 bridgehead atoms. The summed E-state index contributed by atoms with van der Waals surface area (Å²) in [5, 5.41) is 2.65. The predicted molar refractivity (Wildman–Crippen MR) is 113 cm³/mol. The first-order valence-corrected chi connectivity index (χ1v) is 11.6. The molecule has 1 aromatic carbocycles. The van der Waals surface area contributed by atoms with Crippen LogP contribution < -0.4 is 20.7 Å². The Morgan fingerprint density at radius 2 is 1.87 bits per heavy atom. The number of nitrogens with two attached hydrogens (primary N) is 1. The van der Waals surface area contributed by atoms with Crippen molar-refractivity contribution in [3.05, 3.63) is 23.8 Å². The molecule has 0 radical (unpaired) electrons. The Hall–Kier alpha value is -2.33. The number of rotatable bonds is 11. The lowest BCUT2D eigenvalue weighted by molar-refractivity contribution is -0.156. The standard InChI is InChI=1S/C20H32N2O7S/c1-7-28-18-10-15(8-9-17(18)27-5)16(12-30(6,25)26)20(11-13(2)3,19(24)29-21)22-14(4)23/h8-10,13,16H,7,11-12,21H2,1-6H3,(H,22,23)/t16-,20?/m0/s1. The number of nitrogens with one attached hydrogen (secondary N) is 1. The minimum absolute atomic E-state index is 0.0948. The van der Waals surface area contributed by atoms with Gasteiger partial charge in [-0.15, -0.1) is 0 Å². The molecule has 170 valence electrons. The quantitative estimate of drug-likeness (QED) is 0.491. The second-order valence-corrected chi connectivity index (χ2v) is 9.83. The Kier molecular flexibility index (Phi) is 9.10. The van der Waals surface area contributed by atoms with Gasteiger partial charge in [-0.1, -0.05) is 19.9 Å². The molecule has 0 saturated heterocycles. The predicted octanol–water partition coefficient (Wildman–Crippen LogP) is 1.56. The van der Waals surface area contributed by atoms with Crippen molar-refractivity contribution in [1.82, 2.24) is 5.32 Å². The van der Waals surface area contributed by atoms with E-state index in [1.807, 2.05) is 13.8 Å². The van der Waals surface area contributed by atoms with Gasteiger partial charge in [-0.2, -0.15) is 5.90 Å². The molecule has 0 fully saturated rings. The third-order valence-corrected chi connectivity index (χ3v) is 5.49. The van der Waals surface area contributed by atoms with Crippen molar-refractivity contribution in [2.45, 2.75) is 45.6 Å². The highest BCUT2D eigenvalue weighted by Crippen LogP contribution is 2.39. The first kappa shape index (κ1) is 25.7. The molecule has 0 saturated carbocycles. The molecule has 0 aliphatic heterocycles. The summed E-state index contributed by atoms with van der Waals surface area (Å²) in [4.78, 5) is 29.6. The van der Waals surface area contributed by atoms with E-state index >= 15 is 0 Å². The van der Waals surface area contributed by atoms with Gasteiger partial charge >= 0.3 is 5.97 Å². The van der Waals surface area contributed by atoms with Crippen LogP contribution in [0.2, 0.25) is 0 Å². The van der Waals surface area contributed by atoms with Crippen LogP contribution in [-0.2, 0) is 24.3 Å². The van der Waals surface area contributed by atoms with Crippen LogP contribution >= 0.6 is 0 Å². The van der Waals surface area contributed by atoms with Crippen molar-refractivity contribution in [1.29, 1.82) is 0 Å². The minimum atomic E-state index is -3.58. The maximum Gasteiger partial charge on any atom is 0.350 e. The second kappa shape index (κ2) is 10.6. The molecule has 30 heavy (non-hydrogen) atoms. The Morgan fingerprint density at radius 3 is 2.30 bits per heavy atom. The average molecular weight is 445 g/mol. The van der Waals surface area contributed by atoms with Gasteiger partial charge in [-0.05, 0) is 37.0 Å². The number of carbonyl (C=O) groups is 2. The van der Waals surface area contributed by atoms with E-state index in [1.165, 1.54) is 14.0 Å². The van der Waals surface area contributed by atoms with Crippen LogP contribution in [0.5, 0.6) is 11.5 Å². The van der Waals surface area contributed by atoms with Gasteiger partial charge in [0.1, 0.15) is 15.4 Å². The van der Waals surface area contributed by atoms with E-state index in [4.69, 9.17) is 15.4 Å². The summed E-state index contributed by atoms with van der Waals surface area (Å²) >= 11 is 0. The van der Waals surface area contributed by atoms with Gasteiger partial charge in [0, 0.05) is 19.1 Å². The van der Waals surface area contributed by atoms with Gasteiger partial charge in [-0.25, -0.2) is 13.2 Å². The number of carbonyl (C=O) groups excluding carboxylic acids is 2. The molecule has 0 heterocycles. The van der Waals surface area contributed by atoms with Crippen molar-refractivity contribution in [3.63, 3.8) is 0 Å². The average Bonchev–Trinajstić information content (AvgIpc) is 2.63. The summed E-state index contributed by atoms with van der Waals surface area (Å²) in [6.07, 6.45) is 1.17. The van der Waals surface area contributed by atoms with Crippen molar-refractivity contribution in [2.24, 2.45) is 11.8 Å². The molecule has 0 aromatic heterocycles. The highest BCUT2D eigenvalue weighted by molar-refractivity contribution is 7.90. The lowest BCUT2D eigenvalue weighted by Gasteiger charge is -2.39. The van der Waals surface area contributed by atoms with Crippen LogP contribution in [0.1, 0.15) is 45.6 Å². The largest absolute Gasteiger partial charge is 0.493 e. The van der Waals surface area contributed by atoms with E-state index in [1.54, 1.807) is 25.1 Å². The fraction of sp³-hybridized carbons (Fsp3) is 0.600. The minimum Gasteiger partial charge on any atom is -0.493 e. The van der Waals surface area contributed by atoms with Crippen molar-refractivity contribution in [3.8, 4) is 11.5 Å². The van der Waals surface area contributed by atoms with E-state index in [0.29, 0.717) is 23.7 Å². The Labute approximate surface area is 178 Å². The zero-order chi connectivity index (χ0) is 23.1. The fourth-order valence-electron chi connectivity index (χ4n) is 3.62. The maximum absolute atomic E-state index is 12.9. The van der Waals surface area contributed by atoms with Gasteiger partial charge in [0.15, 0.2) is 11.5 Å². The molecule has 1 amide bonds. The third kappa shape index (κ3) is 6.60. The van der Waals surface area contributed by atoms with Gasteiger partial charge in [0.2, 0.25) is 5.91 Å². The summed E-state index contributed by atoms with van der Waals surface area (Å²) in [7, 11) is -2.10. The topological polar surface area (TPSA) is 134 Å². The molecule has 10 heteroatoms. The summed E-state index contributed by atoms with van der Waals surface area (Å²) in [6.45, 7) is 7.08. The molecule has 1 rings (SSSR count). The molecule has 3 N–H and O–H groups in total. The SMILES string of the molecule is CCOc1cc([C@H](CS(C)(=O)=O)C(CC(C)C)(NC(C)=O)C(=O)ON)ccc1OC. The summed E-state index contributed by atoms with van der Waals surface area (Å²) in [5.74, 6) is 3.12. The van der Waals surface area contributed by atoms with Crippen molar-refractivity contribution >= 4 is 21.7 Å². The van der Waals surface area contributed by atoms with E-state index in [-0.39, 0.29) is 12.3 Å². The monoisotopic (exact) mass is 444 g/mol. The normalized spacial score (nSPS) is 14.5. The van der Waals surface area contributed by atoms with Gasteiger partial charge in [0.05, 0.1) is 19.5 Å². The summed E-state index contributed by atoms with van der Waals surface area (Å²) in [5.41, 5.74) is -1.24. The van der Waals surface area contributed by atoms with Crippen LogP contribution in [-0.4, -0.2) is 51.6 Å². The first-order chi connectivity index (χ1) is 13.9. The highest BCUT2D eigenvalue weighted by atomic mass is 32.2. The number of ether oxygens (including phenoxy) is 2. The molecule has 1 aromatic rings. The zero-order valence-corrected chi connectivity index (χ0v) is 19.2. The molecule has 0 spiro atoms. The number of hydrogen-bond donors (Lipinski definition) is 2. The molecule has 9 nitrogen and oxygen atoms in total. The molecule has 2 atom stereocenters. The van der Waals surface area contributed by atoms with Crippen molar-refractivity contribution in [2.75, 3.05) is 25.7 Å². The molecular weight excluding hydrogens is 412 g/mol.